The summed E-state index contributed by atoms with van der Waals surface area (Å²) in [4.78, 5) is 13.3. The average Bonchev–Trinajstić information content (AvgIpc) is 3.15. The molecule has 5 nitrogen and oxygen atoms in total. The molecule has 0 atom stereocenters. The smallest absolute Gasteiger partial charge is 0.244 e. The molecular weight excluding hydrogens is 389 g/mol. The third-order valence-electron chi connectivity index (χ3n) is 3.77. The Morgan fingerprint density at radius 3 is 2.56 bits per heavy atom. The number of methoxy groups -OCH3 is 1. The second kappa shape index (κ2) is 7.99. The van der Waals surface area contributed by atoms with Crippen LogP contribution in [0.2, 0.25) is 0 Å². The van der Waals surface area contributed by atoms with E-state index in [0.717, 1.165) is 12.1 Å². The maximum atomic E-state index is 13.4. The van der Waals surface area contributed by atoms with Gasteiger partial charge in [0, 0.05) is 17.0 Å². The molecule has 2 aromatic carbocycles. The highest BCUT2D eigenvalue weighted by molar-refractivity contribution is 7.89. The van der Waals surface area contributed by atoms with Gasteiger partial charge in [0.25, 0.3) is 0 Å². The van der Waals surface area contributed by atoms with E-state index in [9.17, 15) is 17.6 Å². The van der Waals surface area contributed by atoms with E-state index in [-0.39, 0.29) is 23.0 Å². The van der Waals surface area contributed by atoms with Gasteiger partial charge in [0.05, 0.1) is 12.0 Å². The molecule has 0 aliphatic rings. The number of halogens is 1. The first-order valence-electron chi connectivity index (χ1n) is 7.92. The van der Waals surface area contributed by atoms with Gasteiger partial charge >= 0.3 is 0 Å². The van der Waals surface area contributed by atoms with Crippen molar-refractivity contribution in [3.05, 3.63) is 81.8 Å². The summed E-state index contributed by atoms with van der Waals surface area (Å²) in [6.45, 7) is -0.0191. The predicted molar refractivity (Wildman–Crippen MR) is 101 cm³/mol. The van der Waals surface area contributed by atoms with Gasteiger partial charge in [0.1, 0.15) is 16.5 Å². The fourth-order valence-corrected chi connectivity index (χ4v) is 4.62. The van der Waals surface area contributed by atoms with Crippen LogP contribution in [0.3, 0.4) is 0 Å². The van der Waals surface area contributed by atoms with Gasteiger partial charge in [-0.1, -0.05) is 30.3 Å². The second-order valence-electron chi connectivity index (χ2n) is 5.58. The molecule has 1 aromatic heterocycles. The van der Waals surface area contributed by atoms with E-state index in [4.69, 9.17) is 4.74 Å². The predicted octanol–water partition coefficient (Wildman–Crippen LogP) is 3.61. The van der Waals surface area contributed by atoms with E-state index in [1.165, 1.54) is 24.5 Å². The minimum atomic E-state index is -3.98. The van der Waals surface area contributed by atoms with Crippen molar-refractivity contribution in [1.82, 2.24) is 4.72 Å². The summed E-state index contributed by atoms with van der Waals surface area (Å²) in [7, 11) is -2.67. The number of rotatable bonds is 7. The van der Waals surface area contributed by atoms with E-state index >= 15 is 0 Å². The van der Waals surface area contributed by atoms with Gasteiger partial charge in [-0.25, -0.2) is 17.5 Å². The number of carbonyl (C=O) groups excluding carboxylic acids is 1. The number of hydrogen-bond donors (Lipinski definition) is 1. The molecule has 0 aliphatic carbocycles. The molecular formula is C19H16FNO4S2. The maximum Gasteiger partial charge on any atom is 0.244 e. The molecule has 0 amide bonds. The third-order valence-corrected chi connectivity index (χ3v) is 6.28. The first kappa shape index (κ1) is 19.2. The van der Waals surface area contributed by atoms with Crippen molar-refractivity contribution in [2.75, 3.05) is 7.11 Å². The summed E-state index contributed by atoms with van der Waals surface area (Å²) < 4.78 is 45.8. The Bertz CT molecular complexity index is 1060. The molecule has 3 rings (SSSR count). The molecule has 0 unspecified atom stereocenters. The van der Waals surface area contributed by atoms with Gasteiger partial charge in [0.2, 0.25) is 15.8 Å². The van der Waals surface area contributed by atoms with E-state index < -0.39 is 15.8 Å². The quantitative estimate of drug-likeness (QED) is 0.610. The van der Waals surface area contributed by atoms with Crippen molar-refractivity contribution < 1.29 is 22.3 Å². The molecule has 1 heterocycles. The van der Waals surface area contributed by atoms with Gasteiger partial charge in [-0.15, -0.1) is 11.3 Å². The molecule has 1 N–H and O–H groups in total. The zero-order chi connectivity index (χ0) is 19.4. The van der Waals surface area contributed by atoms with Crippen LogP contribution in [0.1, 0.15) is 20.1 Å². The van der Waals surface area contributed by atoms with E-state index in [2.05, 4.69) is 4.72 Å². The summed E-state index contributed by atoms with van der Waals surface area (Å²) in [5.74, 6) is -0.750. The van der Waals surface area contributed by atoms with Crippen LogP contribution in [0.25, 0.3) is 0 Å². The fourth-order valence-electron chi connectivity index (χ4n) is 2.43. The van der Waals surface area contributed by atoms with Crippen LogP contribution in [-0.4, -0.2) is 21.3 Å². The zero-order valence-electron chi connectivity index (χ0n) is 14.3. The topological polar surface area (TPSA) is 72.5 Å². The van der Waals surface area contributed by atoms with Gasteiger partial charge in [0.15, 0.2) is 0 Å². The summed E-state index contributed by atoms with van der Waals surface area (Å²) in [5, 5.41) is 0. The Morgan fingerprint density at radius 2 is 1.85 bits per heavy atom. The SMILES string of the molecule is COc1ccc(F)cc1S(=O)(=O)NCc1ccc(C(=O)c2ccccc2)s1. The van der Waals surface area contributed by atoms with Crippen LogP contribution in [0.4, 0.5) is 4.39 Å². The first-order valence-corrected chi connectivity index (χ1v) is 10.2. The molecule has 0 saturated heterocycles. The zero-order valence-corrected chi connectivity index (χ0v) is 15.9. The minimum absolute atomic E-state index is 0.0191. The molecule has 0 spiro atoms. The number of sulfonamides is 1. The van der Waals surface area contributed by atoms with Crippen LogP contribution in [0.15, 0.2) is 65.6 Å². The standard InChI is InChI=1S/C19H16FNO4S2/c1-25-16-9-7-14(20)11-18(16)27(23,24)21-12-15-8-10-17(26-15)19(22)13-5-3-2-4-6-13/h2-11,21H,12H2,1H3. The van der Waals surface area contributed by atoms with Crippen molar-refractivity contribution in [3.8, 4) is 5.75 Å². The number of ketones is 1. The molecule has 0 saturated carbocycles. The Morgan fingerprint density at radius 1 is 1.11 bits per heavy atom. The summed E-state index contributed by atoms with van der Waals surface area (Å²) in [6, 6.07) is 15.5. The monoisotopic (exact) mass is 405 g/mol. The number of benzene rings is 2. The van der Waals surface area contributed by atoms with Crippen molar-refractivity contribution in [3.63, 3.8) is 0 Å². The Hall–Kier alpha value is -2.55. The van der Waals surface area contributed by atoms with Crippen molar-refractivity contribution in [2.24, 2.45) is 0 Å². The fraction of sp³-hybridized carbons (Fsp3) is 0.105. The number of ether oxygens (including phenoxy) is 1. The van der Waals surface area contributed by atoms with Crippen LogP contribution < -0.4 is 9.46 Å². The lowest BCUT2D eigenvalue weighted by Gasteiger charge is -2.10. The van der Waals surface area contributed by atoms with Crippen LogP contribution in [-0.2, 0) is 16.6 Å². The third kappa shape index (κ3) is 4.41. The summed E-state index contributed by atoms with van der Waals surface area (Å²) in [5.41, 5.74) is 0.566. The van der Waals surface area contributed by atoms with Gasteiger partial charge in [-0.3, -0.25) is 4.79 Å². The molecule has 140 valence electrons. The Labute approximate surface area is 160 Å². The van der Waals surface area contributed by atoms with E-state index in [1.54, 1.807) is 36.4 Å². The minimum Gasteiger partial charge on any atom is -0.495 e. The van der Waals surface area contributed by atoms with Gasteiger partial charge < -0.3 is 4.74 Å². The lowest BCUT2D eigenvalue weighted by molar-refractivity contribution is 0.104. The first-order chi connectivity index (χ1) is 12.9. The number of nitrogens with one attached hydrogen (secondary N) is 1. The average molecular weight is 405 g/mol. The largest absolute Gasteiger partial charge is 0.495 e. The van der Waals surface area contributed by atoms with Crippen LogP contribution in [0, 0.1) is 5.82 Å². The van der Waals surface area contributed by atoms with Crippen molar-refractivity contribution in [2.45, 2.75) is 11.4 Å². The summed E-state index contributed by atoms with van der Waals surface area (Å²) >= 11 is 1.20. The molecule has 0 radical (unpaired) electrons. The van der Waals surface area contributed by atoms with Crippen molar-refractivity contribution in [1.29, 1.82) is 0 Å². The lowest BCUT2D eigenvalue weighted by Crippen LogP contribution is -2.23. The van der Waals surface area contributed by atoms with Crippen molar-refractivity contribution >= 4 is 27.1 Å². The highest BCUT2D eigenvalue weighted by atomic mass is 32.2. The highest BCUT2D eigenvalue weighted by Crippen LogP contribution is 2.25. The maximum absolute atomic E-state index is 13.4. The van der Waals surface area contributed by atoms with Crippen LogP contribution in [0.5, 0.6) is 5.75 Å². The second-order valence-corrected chi connectivity index (χ2v) is 8.48. The Balaban J connectivity index is 1.75. The van der Waals surface area contributed by atoms with E-state index in [1.807, 2.05) is 6.07 Å². The number of hydrogen-bond acceptors (Lipinski definition) is 5. The molecule has 3 aromatic rings. The van der Waals surface area contributed by atoms with E-state index in [0.29, 0.717) is 15.3 Å². The van der Waals surface area contributed by atoms with Gasteiger partial charge in [-0.2, -0.15) is 0 Å². The Kier molecular flexibility index (Phi) is 5.69. The van der Waals surface area contributed by atoms with Crippen LogP contribution >= 0.6 is 11.3 Å². The molecule has 27 heavy (non-hydrogen) atoms. The lowest BCUT2D eigenvalue weighted by atomic mass is 10.1. The molecule has 0 bridgehead atoms. The van der Waals surface area contributed by atoms with Gasteiger partial charge in [-0.05, 0) is 30.3 Å². The molecule has 0 fully saturated rings. The number of thiophene rings is 1. The molecule has 0 aliphatic heterocycles. The highest BCUT2D eigenvalue weighted by Gasteiger charge is 2.21. The normalized spacial score (nSPS) is 11.3. The molecule has 8 heteroatoms. The summed E-state index contributed by atoms with van der Waals surface area (Å²) in [6.07, 6.45) is 0. The number of carbonyl (C=O) groups is 1.